The largest absolute Gasteiger partial charge is 0.338 e. The Hall–Kier alpha value is -2.27. The Kier molecular flexibility index (Phi) is 3.84. The van der Waals surface area contributed by atoms with Crippen molar-refractivity contribution in [3.05, 3.63) is 54.1 Å². The number of hydrogen-bond donors (Lipinski definition) is 2. The van der Waals surface area contributed by atoms with Crippen molar-refractivity contribution in [3.8, 4) is 11.1 Å². The van der Waals surface area contributed by atoms with Crippen LogP contribution in [0.2, 0.25) is 0 Å². The van der Waals surface area contributed by atoms with E-state index in [4.69, 9.17) is 5.41 Å². The molecule has 1 aliphatic heterocycles. The third kappa shape index (κ3) is 2.54. The lowest BCUT2D eigenvalue weighted by Gasteiger charge is -2.28. The number of hydrogen-bond acceptors (Lipinski definition) is 3. The smallest absolute Gasteiger partial charge is 0.259 e. The highest BCUT2D eigenvalue weighted by molar-refractivity contribution is 7.98. The van der Waals surface area contributed by atoms with Gasteiger partial charge in [-0.05, 0) is 59.9 Å². The highest BCUT2D eigenvalue weighted by atomic mass is 32.2. The molecule has 1 amide bonds. The molecule has 1 saturated carbocycles. The first-order chi connectivity index (χ1) is 12.1. The monoisotopic (exact) mass is 351 g/mol. The van der Waals surface area contributed by atoms with Crippen molar-refractivity contribution in [1.82, 2.24) is 10.2 Å². The van der Waals surface area contributed by atoms with Crippen molar-refractivity contribution in [1.29, 1.82) is 5.41 Å². The third-order valence-electron chi connectivity index (χ3n) is 5.20. The van der Waals surface area contributed by atoms with Gasteiger partial charge in [0.1, 0.15) is 5.54 Å². The Bertz CT molecular complexity index is 862. The molecule has 0 unspecified atom stereocenters. The van der Waals surface area contributed by atoms with E-state index in [-0.39, 0.29) is 17.8 Å². The third-order valence-corrected chi connectivity index (χ3v) is 5.93. The zero-order valence-corrected chi connectivity index (χ0v) is 15.2. The first-order valence-corrected chi connectivity index (χ1v) is 9.68. The Morgan fingerprint density at radius 2 is 1.84 bits per heavy atom. The standard InChI is InChI=1S/C20H21N3OS/c1-23-18(24)20(15-9-10-15,22-19(23)21)16-7-3-5-13(11-16)14-6-4-8-17(12-14)25-2/h3-8,11-12,15H,9-10H2,1-2H3,(H2,21,22)/t20-/m1/s1. The van der Waals surface area contributed by atoms with E-state index in [2.05, 4.69) is 48.0 Å². The predicted octanol–water partition coefficient (Wildman–Crippen LogP) is 3.68. The van der Waals surface area contributed by atoms with Gasteiger partial charge in [-0.15, -0.1) is 11.8 Å². The lowest BCUT2D eigenvalue weighted by molar-refractivity contribution is -0.131. The minimum atomic E-state index is -0.779. The van der Waals surface area contributed by atoms with E-state index >= 15 is 0 Å². The minimum Gasteiger partial charge on any atom is -0.338 e. The van der Waals surface area contributed by atoms with Crippen LogP contribution in [0.25, 0.3) is 11.1 Å². The van der Waals surface area contributed by atoms with Crippen LogP contribution in [0, 0.1) is 11.3 Å². The van der Waals surface area contributed by atoms with E-state index in [1.54, 1.807) is 18.8 Å². The lowest BCUT2D eigenvalue weighted by atomic mass is 9.83. The van der Waals surface area contributed by atoms with Crippen molar-refractivity contribution in [3.63, 3.8) is 0 Å². The van der Waals surface area contributed by atoms with Crippen molar-refractivity contribution >= 4 is 23.6 Å². The highest BCUT2D eigenvalue weighted by Gasteiger charge is 2.58. The van der Waals surface area contributed by atoms with Crippen LogP contribution in [0.5, 0.6) is 0 Å². The molecule has 0 radical (unpaired) electrons. The van der Waals surface area contributed by atoms with Gasteiger partial charge >= 0.3 is 0 Å². The molecule has 0 bridgehead atoms. The molecule has 0 spiro atoms. The summed E-state index contributed by atoms with van der Waals surface area (Å²) in [6, 6.07) is 16.6. The Morgan fingerprint density at radius 3 is 2.44 bits per heavy atom. The van der Waals surface area contributed by atoms with Crippen molar-refractivity contribution in [2.45, 2.75) is 23.3 Å². The number of amides is 1. The van der Waals surface area contributed by atoms with Gasteiger partial charge in [0.25, 0.3) is 5.91 Å². The molecule has 2 aliphatic rings. The summed E-state index contributed by atoms with van der Waals surface area (Å²) in [4.78, 5) is 15.6. The summed E-state index contributed by atoms with van der Waals surface area (Å²) in [6.45, 7) is 0. The van der Waals surface area contributed by atoms with Crippen LogP contribution in [0.4, 0.5) is 0 Å². The molecule has 1 heterocycles. The SMILES string of the molecule is CSc1cccc(-c2cccc([C@@]3(C4CC4)NC(=N)N(C)C3=O)c2)c1. The van der Waals surface area contributed by atoms with Gasteiger partial charge in [0.05, 0.1) is 0 Å². The van der Waals surface area contributed by atoms with Gasteiger partial charge in [-0.3, -0.25) is 15.1 Å². The van der Waals surface area contributed by atoms with E-state index in [0.29, 0.717) is 0 Å². The zero-order valence-electron chi connectivity index (χ0n) is 14.4. The van der Waals surface area contributed by atoms with Gasteiger partial charge in [0.2, 0.25) is 0 Å². The number of benzene rings is 2. The number of thioether (sulfide) groups is 1. The normalized spacial score (nSPS) is 23.0. The molecular formula is C20H21N3OS. The molecule has 2 fully saturated rings. The van der Waals surface area contributed by atoms with Gasteiger partial charge in [-0.2, -0.15) is 0 Å². The predicted molar refractivity (Wildman–Crippen MR) is 102 cm³/mol. The second kappa shape index (κ2) is 5.92. The number of nitrogens with zero attached hydrogens (tertiary/aromatic N) is 1. The summed E-state index contributed by atoms with van der Waals surface area (Å²) in [5.41, 5.74) is 2.43. The summed E-state index contributed by atoms with van der Waals surface area (Å²) >= 11 is 1.72. The molecule has 5 heteroatoms. The molecule has 128 valence electrons. The molecule has 2 aromatic carbocycles. The van der Waals surface area contributed by atoms with Crippen LogP contribution in [-0.2, 0) is 10.3 Å². The summed E-state index contributed by atoms with van der Waals surface area (Å²) in [5.74, 6) is 0.430. The van der Waals surface area contributed by atoms with Crippen molar-refractivity contribution < 1.29 is 4.79 Å². The first-order valence-electron chi connectivity index (χ1n) is 8.46. The van der Waals surface area contributed by atoms with Crippen LogP contribution in [0.3, 0.4) is 0 Å². The minimum absolute atomic E-state index is 0.0185. The number of carbonyl (C=O) groups excluding carboxylic acids is 1. The van der Waals surface area contributed by atoms with Crippen molar-refractivity contribution in [2.24, 2.45) is 5.92 Å². The Morgan fingerprint density at radius 1 is 1.16 bits per heavy atom. The van der Waals surface area contributed by atoms with E-state index in [9.17, 15) is 4.79 Å². The van der Waals surface area contributed by atoms with Gasteiger partial charge < -0.3 is 5.32 Å². The highest BCUT2D eigenvalue weighted by Crippen LogP contribution is 2.49. The maximum atomic E-state index is 13.0. The van der Waals surface area contributed by atoms with E-state index in [1.165, 1.54) is 9.80 Å². The molecule has 1 atom stereocenters. The number of rotatable bonds is 4. The fourth-order valence-corrected chi connectivity index (χ4v) is 4.12. The molecule has 1 saturated heterocycles. The molecule has 4 rings (SSSR count). The van der Waals surface area contributed by atoms with Crippen LogP contribution in [0.1, 0.15) is 18.4 Å². The second-order valence-electron chi connectivity index (χ2n) is 6.73. The number of carbonyl (C=O) groups is 1. The lowest BCUT2D eigenvalue weighted by Crippen LogP contribution is -2.46. The molecule has 25 heavy (non-hydrogen) atoms. The molecule has 0 aromatic heterocycles. The molecule has 4 nitrogen and oxygen atoms in total. The number of nitrogens with one attached hydrogen (secondary N) is 2. The van der Waals surface area contributed by atoms with E-state index < -0.39 is 5.54 Å². The summed E-state index contributed by atoms with van der Waals surface area (Å²) < 4.78 is 0. The first kappa shape index (κ1) is 16.2. The maximum Gasteiger partial charge on any atom is 0.259 e. The molecule has 2 N–H and O–H groups in total. The van der Waals surface area contributed by atoms with Crippen molar-refractivity contribution in [2.75, 3.05) is 13.3 Å². The average molecular weight is 351 g/mol. The summed E-state index contributed by atoms with van der Waals surface area (Å²) in [7, 11) is 1.67. The van der Waals surface area contributed by atoms with Crippen LogP contribution in [-0.4, -0.2) is 30.1 Å². The Labute approximate surface area is 152 Å². The summed E-state index contributed by atoms with van der Waals surface area (Å²) in [5, 5.41) is 11.3. The van der Waals surface area contributed by atoms with Gasteiger partial charge in [-0.25, -0.2) is 0 Å². The van der Waals surface area contributed by atoms with E-state index in [0.717, 1.165) is 29.5 Å². The summed E-state index contributed by atoms with van der Waals surface area (Å²) in [6.07, 6.45) is 4.11. The molecule has 1 aliphatic carbocycles. The maximum absolute atomic E-state index is 13.0. The quantitative estimate of drug-likeness (QED) is 0.826. The van der Waals surface area contributed by atoms with Gasteiger partial charge in [-0.1, -0.05) is 30.3 Å². The number of likely N-dealkylation sites (N-methyl/N-ethyl adjacent to an activating group) is 1. The average Bonchev–Trinajstić information content (AvgIpc) is 3.47. The van der Waals surface area contributed by atoms with Gasteiger partial charge in [0, 0.05) is 11.9 Å². The fourth-order valence-electron chi connectivity index (χ4n) is 3.66. The Balaban J connectivity index is 1.80. The van der Waals surface area contributed by atoms with Crippen LogP contribution in [0.15, 0.2) is 53.4 Å². The van der Waals surface area contributed by atoms with Crippen LogP contribution < -0.4 is 5.32 Å². The molecule has 2 aromatic rings. The zero-order chi connectivity index (χ0) is 17.6. The van der Waals surface area contributed by atoms with Gasteiger partial charge in [0.15, 0.2) is 5.96 Å². The molecular weight excluding hydrogens is 330 g/mol. The van der Waals surface area contributed by atoms with E-state index in [1.807, 2.05) is 12.1 Å². The van der Waals surface area contributed by atoms with Crippen LogP contribution >= 0.6 is 11.8 Å². The topological polar surface area (TPSA) is 56.2 Å². The second-order valence-corrected chi connectivity index (χ2v) is 7.61. The number of guanidine groups is 1. The fraction of sp³-hybridized carbons (Fsp3) is 0.300.